The molecule has 0 saturated carbocycles. The molecular weight excluding hydrogens is 370 g/mol. The van der Waals surface area contributed by atoms with Crippen LogP contribution in [0.2, 0.25) is 0 Å². The van der Waals surface area contributed by atoms with Crippen LogP contribution >= 0.6 is 0 Å². The van der Waals surface area contributed by atoms with Crippen molar-refractivity contribution in [3.63, 3.8) is 0 Å². The second-order valence-corrected chi connectivity index (χ2v) is 6.96. The molecule has 1 aromatic carbocycles. The number of carbonyl (C=O) groups is 2. The van der Waals surface area contributed by atoms with Crippen molar-refractivity contribution in [3.8, 4) is 0 Å². The summed E-state index contributed by atoms with van der Waals surface area (Å²) in [6.07, 6.45) is 2.03. The van der Waals surface area contributed by atoms with Gasteiger partial charge in [-0.15, -0.1) is 0 Å². The van der Waals surface area contributed by atoms with E-state index in [4.69, 9.17) is 5.11 Å². The number of piperidine rings is 1. The van der Waals surface area contributed by atoms with Crippen molar-refractivity contribution in [2.75, 3.05) is 18.4 Å². The molecule has 0 aliphatic carbocycles. The average molecular weight is 391 g/mol. The Kier molecular flexibility index (Phi) is 5.24. The number of hydrogen-bond donors (Lipinski definition) is 3. The Hall–Kier alpha value is -3.68. The summed E-state index contributed by atoms with van der Waals surface area (Å²) in [6.45, 7) is 0.845. The highest BCUT2D eigenvalue weighted by Crippen LogP contribution is 2.20. The average Bonchev–Trinajstić information content (AvgIpc) is 2.74. The van der Waals surface area contributed by atoms with Crippen LogP contribution in [0.15, 0.2) is 54.7 Å². The summed E-state index contributed by atoms with van der Waals surface area (Å²) < 4.78 is 0. The van der Waals surface area contributed by atoms with E-state index >= 15 is 0 Å². The number of nitrogens with zero attached hydrogens (tertiary/aromatic N) is 3. The zero-order chi connectivity index (χ0) is 20.2. The first-order chi connectivity index (χ1) is 14.1. The molecule has 2 amide bonds. The van der Waals surface area contributed by atoms with Gasteiger partial charge in [0.2, 0.25) is 0 Å². The third-order valence-corrected chi connectivity index (χ3v) is 4.96. The van der Waals surface area contributed by atoms with E-state index < -0.39 is 6.09 Å². The second kappa shape index (κ2) is 8.14. The van der Waals surface area contributed by atoms with Gasteiger partial charge in [-0.1, -0.05) is 12.1 Å². The van der Waals surface area contributed by atoms with Gasteiger partial charge in [-0.05, 0) is 49.2 Å². The molecule has 0 unspecified atom stereocenters. The van der Waals surface area contributed by atoms with Crippen molar-refractivity contribution in [2.45, 2.75) is 18.9 Å². The van der Waals surface area contributed by atoms with Crippen LogP contribution in [0, 0.1) is 0 Å². The number of carboxylic acid groups (broad SMARTS) is 1. The van der Waals surface area contributed by atoms with E-state index in [2.05, 4.69) is 20.6 Å². The Morgan fingerprint density at radius 3 is 2.69 bits per heavy atom. The van der Waals surface area contributed by atoms with Gasteiger partial charge in [0, 0.05) is 36.4 Å². The van der Waals surface area contributed by atoms with E-state index in [9.17, 15) is 9.59 Å². The number of aromatic nitrogens is 2. The van der Waals surface area contributed by atoms with Crippen molar-refractivity contribution < 1.29 is 14.7 Å². The topological polar surface area (TPSA) is 107 Å². The summed E-state index contributed by atoms with van der Waals surface area (Å²) in [5.74, 6) is 0.312. The molecule has 29 heavy (non-hydrogen) atoms. The Labute approximate surface area is 167 Å². The minimum absolute atomic E-state index is 0.0514. The lowest BCUT2D eigenvalue weighted by Gasteiger charge is -2.30. The standard InChI is InChI=1S/C21H21N5O3/c27-20(24-15-8-11-26(12-9-15)21(28)29)18-4-1-5-19(25-18)23-16-6-7-17-14(13-16)3-2-10-22-17/h1-7,10,13,15H,8-9,11-12H2,(H,23,25)(H,24,27)(H,28,29). The highest BCUT2D eigenvalue weighted by molar-refractivity contribution is 5.93. The summed E-state index contributed by atoms with van der Waals surface area (Å²) in [5, 5.41) is 16.2. The Morgan fingerprint density at radius 2 is 1.90 bits per heavy atom. The number of hydrogen-bond acceptors (Lipinski definition) is 5. The van der Waals surface area contributed by atoms with Gasteiger partial charge in [0.15, 0.2) is 0 Å². The van der Waals surface area contributed by atoms with Crippen molar-refractivity contribution in [3.05, 3.63) is 60.4 Å². The first kappa shape index (κ1) is 18.7. The van der Waals surface area contributed by atoms with Crippen LogP contribution in [-0.4, -0.2) is 51.1 Å². The Bertz CT molecular complexity index is 1050. The van der Waals surface area contributed by atoms with Gasteiger partial charge in [-0.3, -0.25) is 9.78 Å². The van der Waals surface area contributed by atoms with Crippen LogP contribution in [0.1, 0.15) is 23.3 Å². The number of benzene rings is 1. The summed E-state index contributed by atoms with van der Waals surface area (Å²) in [6, 6.07) is 14.9. The van der Waals surface area contributed by atoms with Crippen molar-refractivity contribution in [1.82, 2.24) is 20.2 Å². The number of anilines is 2. The Balaban J connectivity index is 1.41. The molecule has 1 aliphatic heterocycles. The van der Waals surface area contributed by atoms with E-state index in [0.29, 0.717) is 37.4 Å². The zero-order valence-electron chi connectivity index (χ0n) is 15.7. The number of nitrogens with one attached hydrogen (secondary N) is 2. The smallest absolute Gasteiger partial charge is 0.407 e. The largest absolute Gasteiger partial charge is 0.465 e. The van der Waals surface area contributed by atoms with Gasteiger partial charge in [-0.2, -0.15) is 0 Å². The highest BCUT2D eigenvalue weighted by atomic mass is 16.4. The predicted molar refractivity (Wildman–Crippen MR) is 109 cm³/mol. The first-order valence-corrected chi connectivity index (χ1v) is 9.46. The molecule has 3 N–H and O–H groups in total. The van der Waals surface area contributed by atoms with Crippen LogP contribution < -0.4 is 10.6 Å². The number of amides is 2. The normalized spacial score (nSPS) is 14.6. The van der Waals surface area contributed by atoms with E-state index in [0.717, 1.165) is 16.6 Å². The zero-order valence-corrected chi connectivity index (χ0v) is 15.7. The molecule has 0 atom stereocenters. The lowest BCUT2D eigenvalue weighted by Crippen LogP contribution is -2.46. The van der Waals surface area contributed by atoms with E-state index in [-0.39, 0.29) is 11.9 Å². The molecule has 8 nitrogen and oxygen atoms in total. The van der Waals surface area contributed by atoms with Gasteiger partial charge in [0.1, 0.15) is 11.5 Å². The van der Waals surface area contributed by atoms with Crippen LogP contribution in [0.5, 0.6) is 0 Å². The molecule has 0 spiro atoms. The monoisotopic (exact) mass is 391 g/mol. The fourth-order valence-corrected chi connectivity index (χ4v) is 3.41. The molecule has 4 rings (SSSR count). The maximum atomic E-state index is 12.6. The van der Waals surface area contributed by atoms with Crippen molar-refractivity contribution >= 4 is 34.4 Å². The van der Waals surface area contributed by atoms with Gasteiger partial charge in [0.25, 0.3) is 5.91 Å². The van der Waals surface area contributed by atoms with Gasteiger partial charge < -0.3 is 20.6 Å². The van der Waals surface area contributed by atoms with E-state index in [1.54, 1.807) is 24.4 Å². The summed E-state index contributed by atoms with van der Waals surface area (Å²) in [4.78, 5) is 33.6. The number of rotatable bonds is 4. The maximum Gasteiger partial charge on any atom is 0.407 e. The second-order valence-electron chi connectivity index (χ2n) is 6.96. The lowest BCUT2D eigenvalue weighted by molar-refractivity contribution is 0.0902. The molecule has 1 saturated heterocycles. The number of carbonyl (C=O) groups excluding carboxylic acids is 1. The van der Waals surface area contributed by atoms with Gasteiger partial charge >= 0.3 is 6.09 Å². The molecule has 3 heterocycles. The van der Waals surface area contributed by atoms with Gasteiger partial charge in [-0.25, -0.2) is 9.78 Å². The summed E-state index contributed by atoms with van der Waals surface area (Å²) in [7, 11) is 0. The molecule has 1 aliphatic rings. The maximum absolute atomic E-state index is 12.6. The fraction of sp³-hybridized carbons (Fsp3) is 0.238. The van der Waals surface area contributed by atoms with Crippen LogP contribution in [-0.2, 0) is 0 Å². The molecule has 1 fully saturated rings. The van der Waals surface area contributed by atoms with Crippen molar-refractivity contribution in [1.29, 1.82) is 0 Å². The lowest BCUT2D eigenvalue weighted by atomic mass is 10.1. The quantitative estimate of drug-likeness (QED) is 0.630. The third kappa shape index (κ3) is 4.43. The van der Waals surface area contributed by atoms with Crippen LogP contribution in [0.25, 0.3) is 10.9 Å². The molecule has 0 radical (unpaired) electrons. The molecule has 8 heteroatoms. The van der Waals surface area contributed by atoms with Gasteiger partial charge in [0.05, 0.1) is 5.52 Å². The SMILES string of the molecule is O=C(NC1CCN(C(=O)O)CC1)c1cccc(Nc2ccc3ncccc3c2)n1. The minimum atomic E-state index is -0.917. The van der Waals surface area contributed by atoms with E-state index in [1.807, 2.05) is 30.3 Å². The summed E-state index contributed by atoms with van der Waals surface area (Å²) >= 11 is 0. The number of likely N-dealkylation sites (tertiary alicyclic amines) is 1. The van der Waals surface area contributed by atoms with Crippen LogP contribution in [0.4, 0.5) is 16.3 Å². The highest BCUT2D eigenvalue weighted by Gasteiger charge is 2.24. The number of pyridine rings is 2. The summed E-state index contributed by atoms with van der Waals surface area (Å²) in [5.41, 5.74) is 2.09. The van der Waals surface area contributed by atoms with Crippen molar-refractivity contribution in [2.24, 2.45) is 0 Å². The number of fused-ring (bicyclic) bond motifs is 1. The third-order valence-electron chi connectivity index (χ3n) is 4.96. The molecule has 3 aromatic rings. The molecule has 0 bridgehead atoms. The molecule has 148 valence electrons. The van der Waals surface area contributed by atoms with Crippen LogP contribution in [0.3, 0.4) is 0 Å². The predicted octanol–water partition coefficient (Wildman–Crippen LogP) is 3.25. The first-order valence-electron chi connectivity index (χ1n) is 9.46. The minimum Gasteiger partial charge on any atom is -0.465 e. The molecular formula is C21H21N5O3. The van der Waals surface area contributed by atoms with E-state index in [1.165, 1.54) is 4.90 Å². The fourth-order valence-electron chi connectivity index (χ4n) is 3.41. The Morgan fingerprint density at radius 1 is 1.07 bits per heavy atom. The molecule has 2 aromatic heterocycles.